The molecule has 0 aliphatic heterocycles. The Labute approximate surface area is 111 Å². The number of benzene rings is 1. The Kier molecular flexibility index (Phi) is 3.06. The van der Waals surface area contributed by atoms with E-state index in [1.54, 1.807) is 25.8 Å². The molecule has 0 radical (unpaired) electrons. The number of ether oxygens (including phenoxy) is 1. The van der Waals surface area contributed by atoms with Gasteiger partial charge in [-0.1, -0.05) is 12.1 Å². The summed E-state index contributed by atoms with van der Waals surface area (Å²) in [6.45, 7) is 0.680. The van der Waals surface area contributed by atoms with Gasteiger partial charge in [0.25, 0.3) is 0 Å². The second kappa shape index (κ2) is 5.02. The third-order valence-corrected chi connectivity index (χ3v) is 3.03. The van der Waals surface area contributed by atoms with E-state index in [9.17, 15) is 0 Å². The quantitative estimate of drug-likeness (QED) is 0.774. The zero-order valence-electron chi connectivity index (χ0n) is 10.6. The minimum absolute atomic E-state index is 0.680. The Morgan fingerprint density at radius 1 is 1.21 bits per heavy atom. The van der Waals surface area contributed by atoms with Crippen molar-refractivity contribution in [1.82, 2.24) is 4.98 Å². The number of hydrogen-bond acceptors (Lipinski definition) is 4. The third-order valence-electron chi connectivity index (χ3n) is 3.03. The zero-order valence-corrected chi connectivity index (χ0v) is 10.6. The SMILES string of the molecule is COc1cccc2c(NCc3ccoc3)nccc12. The van der Waals surface area contributed by atoms with Gasteiger partial charge in [0.05, 0.1) is 19.6 Å². The maximum absolute atomic E-state index is 5.36. The van der Waals surface area contributed by atoms with Crippen LogP contribution < -0.4 is 10.1 Å². The number of methoxy groups -OCH3 is 1. The van der Waals surface area contributed by atoms with Gasteiger partial charge in [-0.15, -0.1) is 0 Å². The fourth-order valence-electron chi connectivity index (χ4n) is 2.08. The highest BCUT2D eigenvalue weighted by Crippen LogP contribution is 2.29. The molecule has 0 spiro atoms. The van der Waals surface area contributed by atoms with Crippen molar-refractivity contribution in [2.45, 2.75) is 6.54 Å². The van der Waals surface area contributed by atoms with Gasteiger partial charge in [-0.3, -0.25) is 0 Å². The first kappa shape index (κ1) is 11.6. The average molecular weight is 254 g/mol. The summed E-state index contributed by atoms with van der Waals surface area (Å²) in [6, 6.07) is 9.83. The molecule has 3 rings (SSSR count). The predicted molar refractivity (Wildman–Crippen MR) is 74.3 cm³/mol. The first-order valence-corrected chi connectivity index (χ1v) is 6.05. The molecule has 2 aromatic heterocycles. The maximum atomic E-state index is 5.36. The molecular weight excluding hydrogens is 240 g/mol. The van der Waals surface area contributed by atoms with E-state index in [2.05, 4.69) is 10.3 Å². The van der Waals surface area contributed by atoms with Gasteiger partial charge >= 0.3 is 0 Å². The summed E-state index contributed by atoms with van der Waals surface area (Å²) < 4.78 is 10.4. The van der Waals surface area contributed by atoms with E-state index in [4.69, 9.17) is 9.15 Å². The van der Waals surface area contributed by atoms with Gasteiger partial charge in [-0.05, 0) is 18.2 Å². The van der Waals surface area contributed by atoms with Crippen molar-refractivity contribution in [2.24, 2.45) is 0 Å². The number of anilines is 1. The lowest BCUT2D eigenvalue weighted by Crippen LogP contribution is -2.01. The van der Waals surface area contributed by atoms with Crippen LogP contribution in [0.25, 0.3) is 10.8 Å². The van der Waals surface area contributed by atoms with Crippen LogP contribution in [-0.2, 0) is 6.54 Å². The standard InChI is InChI=1S/C15H14N2O2/c1-18-14-4-2-3-13-12(14)5-7-16-15(13)17-9-11-6-8-19-10-11/h2-8,10H,9H2,1H3,(H,16,17). The van der Waals surface area contributed by atoms with Gasteiger partial charge < -0.3 is 14.5 Å². The molecule has 0 unspecified atom stereocenters. The molecule has 0 atom stereocenters. The minimum Gasteiger partial charge on any atom is -0.496 e. The van der Waals surface area contributed by atoms with Crippen molar-refractivity contribution in [3.63, 3.8) is 0 Å². The van der Waals surface area contributed by atoms with Crippen molar-refractivity contribution >= 4 is 16.6 Å². The van der Waals surface area contributed by atoms with Crippen LogP contribution in [0.4, 0.5) is 5.82 Å². The van der Waals surface area contributed by atoms with E-state index >= 15 is 0 Å². The molecule has 0 saturated heterocycles. The Hall–Kier alpha value is -2.49. The number of rotatable bonds is 4. The highest BCUT2D eigenvalue weighted by Gasteiger charge is 2.06. The smallest absolute Gasteiger partial charge is 0.134 e. The molecule has 0 fully saturated rings. The van der Waals surface area contributed by atoms with Crippen LogP contribution in [-0.4, -0.2) is 12.1 Å². The maximum Gasteiger partial charge on any atom is 0.134 e. The second-order valence-corrected chi connectivity index (χ2v) is 4.20. The lowest BCUT2D eigenvalue weighted by atomic mass is 10.1. The fourth-order valence-corrected chi connectivity index (χ4v) is 2.08. The van der Waals surface area contributed by atoms with Crippen molar-refractivity contribution in [3.8, 4) is 5.75 Å². The zero-order chi connectivity index (χ0) is 13.1. The highest BCUT2D eigenvalue weighted by molar-refractivity contribution is 5.95. The number of furan rings is 1. The van der Waals surface area contributed by atoms with Gasteiger partial charge in [0.2, 0.25) is 0 Å². The van der Waals surface area contributed by atoms with Crippen LogP contribution in [0.15, 0.2) is 53.5 Å². The monoisotopic (exact) mass is 254 g/mol. The molecule has 1 aromatic carbocycles. The number of aromatic nitrogens is 1. The van der Waals surface area contributed by atoms with E-state index in [0.717, 1.165) is 27.9 Å². The average Bonchev–Trinajstić information content (AvgIpc) is 2.97. The lowest BCUT2D eigenvalue weighted by molar-refractivity contribution is 0.420. The third kappa shape index (κ3) is 2.25. The first-order chi connectivity index (χ1) is 9.38. The Balaban J connectivity index is 1.95. The van der Waals surface area contributed by atoms with Gasteiger partial charge in [0.1, 0.15) is 11.6 Å². The second-order valence-electron chi connectivity index (χ2n) is 4.20. The van der Waals surface area contributed by atoms with Crippen LogP contribution in [0.5, 0.6) is 5.75 Å². The summed E-state index contributed by atoms with van der Waals surface area (Å²) in [5.41, 5.74) is 1.08. The summed E-state index contributed by atoms with van der Waals surface area (Å²) in [6.07, 6.45) is 5.16. The molecule has 0 amide bonds. The van der Waals surface area contributed by atoms with Gasteiger partial charge in [0.15, 0.2) is 0 Å². The number of fused-ring (bicyclic) bond motifs is 1. The summed E-state index contributed by atoms with van der Waals surface area (Å²) in [5, 5.41) is 5.41. The molecule has 0 aliphatic carbocycles. The summed E-state index contributed by atoms with van der Waals surface area (Å²) >= 11 is 0. The Bertz CT molecular complexity index is 678. The molecule has 0 saturated carbocycles. The first-order valence-electron chi connectivity index (χ1n) is 6.05. The van der Waals surface area contributed by atoms with E-state index in [1.807, 2.05) is 30.3 Å². The Morgan fingerprint density at radius 3 is 2.95 bits per heavy atom. The summed E-state index contributed by atoms with van der Waals surface area (Å²) in [5.74, 6) is 1.70. The van der Waals surface area contributed by atoms with Crippen molar-refractivity contribution in [3.05, 3.63) is 54.6 Å². The predicted octanol–water partition coefficient (Wildman–Crippen LogP) is 3.45. The van der Waals surface area contributed by atoms with Crippen LogP contribution in [0.2, 0.25) is 0 Å². The lowest BCUT2D eigenvalue weighted by Gasteiger charge is -2.10. The summed E-state index contributed by atoms with van der Waals surface area (Å²) in [7, 11) is 1.67. The van der Waals surface area contributed by atoms with Crippen LogP contribution in [0, 0.1) is 0 Å². The van der Waals surface area contributed by atoms with E-state index in [-0.39, 0.29) is 0 Å². The number of nitrogens with one attached hydrogen (secondary N) is 1. The molecule has 4 heteroatoms. The topological polar surface area (TPSA) is 47.3 Å². The highest BCUT2D eigenvalue weighted by atomic mass is 16.5. The van der Waals surface area contributed by atoms with E-state index in [0.29, 0.717) is 6.54 Å². The minimum atomic E-state index is 0.680. The van der Waals surface area contributed by atoms with Crippen LogP contribution >= 0.6 is 0 Å². The molecular formula is C15H14N2O2. The van der Waals surface area contributed by atoms with Gasteiger partial charge in [0, 0.05) is 29.1 Å². The molecule has 1 N–H and O–H groups in total. The largest absolute Gasteiger partial charge is 0.496 e. The Morgan fingerprint density at radius 2 is 2.16 bits per heavy atom. The number of pyridine rings is 1. The van der Waals surface area contributed by atoms with E-state index in [1.165, 1.54) is 0 Å². The molecule has 4 nitrogen and oxygen atoms in total. The van der Waals surface area contributed by atoms with E-state index < -0.39 is 0 Å². The molecule has 3 aromatic rings. The molecule has 2 heterocycles. The molecule has 19 heavy (non-hydrogen) atoms. The normalized spacial score (nSPS) is 10.6. The van der Waals surface area contributed by atoms with Crippen molar-refractivity contribution in [2.75, 3.05) is 12.4 Å². The van der Waals surface area contributed by atoms with Crippen molar-refractivity contribution in [1.29, 1.82) is 0 Å². The van der Waals surface area contributed by atoms with Gasteiger partial charge in [-0.25, -0.2) is 4.98 Å². The number of nitrogens with zero attached hydrogens (tertiary/aromatic N) is 1. The molecule has 0 aliphatic rings. The van der Waals surface area contributed by atoms with Crippen LogP contribution in [0.1, 0.15) is 5.56 Å². The summed E-state index contributed by atoms with van der Waals surface area (Å²) in [4.78, 5) is 4.38. The van der Waals surface area contributed by atoms with Crippen LogP contribution in [0.3, 0.4) is 0 Å². The number of hydrogen-bond donors (Lipinski definition) is 1. The molecule has 0 bridgehead atoms. The van der Waals surface area contributed by atoms with Crippen molar-refractivity contribution < 1.29 is 9.15 Å². The van der Waals surface area contributed by atoms with Gasteiger partial charge in [-0.2, -0.15) is 0 Å². The fraction of sp³-hybridized carbons (Fsp3) is 0.133. The molecule has 96 valence electrons.